The number of benzene rings is 1. The third kappa shape index (κ3) is 4.92. The van der Waals surface area contributed by atoms with Crippen LogP contribution in [0.4, 0.5) is 5.82 Å². The molecule has 1 aromatic carbocycles. The average molecular weight is 448 g/mol. The van der Waals surface area contributed by atoms with Gasteiger partial charge in [-0.15, -0.1) is 0 Å². The van der Waals surface area contributed by atoms with Crippen LogP contribution >= 0.6 is 11.6 Å². The predicted molar refractivity (Wildman–Crippen MR) is 128 cm³/mol. The molecular weight excluding hydrogens is 422 g/mol. The summed E-state index contributed by atoms with van der Waals surface area (Å²) in [6, 6.07) is 17.3. The van der Waals surface area contributed by atoms with Crippen LogP contribution in [0.2, 0.25) is 5.02 Å². The maximum absolute atomic E-state index is 12.8. The Balaban J connectivity index is 1.54. The first-order valence-electron chi connectivity index (χ1n) is 10.7. The molecule has 0 aliphatic rings. The molecule has 3 aromatic heterocycles. The zero-order valence-corrected chi connectivity index (χ0v) is 19.0. The van der Waals surface area contributed by atoms with Gasteiger partial charge >= 0.3 is 0 Å². The molecule has 0 unspecified atom stereocenters. The van der Waals surface area contributed by atoms with Crippen molar-refractivity contribution in [3.8, 4) is 0 Å². The first-order chi connectivity index (χ1) is 15.5. The minimum Gasteiger partial charge on any atom is -0.355 e. The highest BCUT2D eigenvalue weighted by Crippen LogP contribution is 2.25. The van der Waals surface area contributed by atoms with Crippen molar-refractivity contribution in [1.82, 2.24) is 19.7 Å². The molecule has 4 rings (SSSR count). The lowest BCUT2D eigenvalue weighted by atomic mass is 10.2. The van der Waals surface area contributed by atoms with Crippen LogP contribution in [0, 0.1) is 0 Å². The summed E-state index contributed by atoms with van der Waals surface area (Å²) in [4.78, 5) is 24.0. The van der Waals surface area contributed by atoms with Gasteiger partial charge in [0.05, 0.1) is 11.3 Å². The minimum absolute atomic E-state index is 0.110. The molecule has 0 aliphatic heterocycles. The minimum atomic E-state index is -0.110. The molecule has 0 saturated carbocycles. The first-order valence-corrected chi connectivity index (χ1v) is 11.1. The van der Waals surface area contributed by atoms with Crippen LogP contribution in [0.3, 0.4) is 0 Å². The molecule has 0 fully saturated rings. The molecule has 0 saturated heterocycles. The maximum atomic E-state index is 12.8. The van der Waals surface area contributed by atoms with E-state index in [2.05, 4.69) is 22.1 Å². The number of hydrogen-bond acceptors (Lipinski definition) is 4. The van der Waals surface area contributed by atoms with Crippen molar-refractivity contribution in [1.29, 1.82) is 0 Å². The summed E-state index contributed by atoms with van der Waals surface area (Å²) in [6.45, 7) is 3.33. The number of rotatable bonds is 8. The van der Waals surface area contributed by atoms with Gasteiger partial charge in [-0.2, -0.15) is 0 Å². The molecule has 32 heavy (non-hydrogen) atoms. The predicted octanol–water partition coefficient (Wildman–Crippen LogP) is 4.55. The largest absolute Gasteiger partial charge is 0.355 e. The molecule has 1 N–H and O–H groups in total. The van der Waals surface area contributed by atoms with E-state index in [0.29, 0.717) is 25.1 Å². The van der Waals surface area contributed by atoms with E-state index in [4.69, 9.17) is 16.6 Å². The fraction of sp³-hybridized carbons (Fsp3) is 0.240. The Morgan fingerprint density at radius 1 is 1.12 bits per heavy atom. The molecule has 4 aromatic rings. The molecule has 7 heteroatoms. The van der Waals surface area contributed by atoms with E-state index in [0.717, 1.165) is 39.9 Å². The van der Waals surface area contributed by atoms with Gasteiger partial charge in [-0.25, -0.2) is 4.98 Å². The Labute approximate surface area is 192 Å². The average Bonchev–Trinajstić information content (AvgIpc) is 3.19. The Morgan fingerprint density at radius 2 is 1.94 bits per heavy atom. The van der Waals surface area contributed by atoms with Gasteiger partial charge < -0.3 is 10.2 Å². The van der Waals surface area contributed by atoms with Crippen molar-refractivity contribution >= 4 is 29.0 Å². The third-order valence-corrected chi connectivity index (χ3v) is 5.60. The van der Waals surface area contributed by atoms with Crippen molar-refractivity contribution in [3.63, 3.8) is 0 Å². The second-order valence-corrected chi connectivity index (χ2v) is 8.13. The highest BCUT2D eigenvalue weighted by atomic mass is 35.5. The summed E-state index contributed by atoms with van der Waals surface area (Å²) in [5, 5.41) is 3.71. The lowest BCUT2D eigenvalue weighted by molar-refractivity contribution is 0.0953. The summed E-state index contributed by atoms with van der Waals surface area (Å²) in [7, 11) is 2.04. The number of carbonyl (C=O) groups excluding carboxylic acids is 1. The SMILES string of the molecule is CCc1nc2ccc(C(=O)NCCc3ccccn3)cn2c1N(C)Cc1ccc(Cl)cc1. The van der Waals surface area contributed by atoms with Gasteiger partial charge in [-0.05, 0) is 48.4 Å². The van der Waals surface area contributed by atoms with Crippen molar-refractivity contribution in [2.24, 2.45) is 0 Å². The Hall–Kier alpha value is -3.38. The third-order valence-electron chi connectivity index (χ3n) is 5.35. The van der Waals surface area contributed by atoms with Gasteiger partial charge in [0, 0.05) is 49.7 Å². The molecular formula is C25H26ClN5O. The zero-order chi connectivity index (χ0) is 22.5. The highest BCUT2D eigenvalue weighted by molar-refractivity contribution is 6.30. The fourth-order valence-corrected chi connectivity index (χ4v) is 3.87. The summed E-state index contributed by atoms with van der Waals surface area (Å²) in [5.74, 6) is 0.876. The summed E-state index contributed by atoms with van der Waals surface area (Å²) < 4.78 is 2.00. The number of carbonyl (C=O) groups is 1. The van der Waals surface area contributed by atoms with Crippen LogP contribution in [0.25, 0.3) is 5.65 Å². The number of halogens is 1. The van der Waals surface area contributed by atoms with Crippen molar-refractivity contribution in [2.75, 3.05) is 18.5 Å². The number of anilines is 1. The number of aryl methyl sites for hydroxylation is 1. The maximum Gasteiger partial charge on any atom is 0.252 e. The second-order valence-electron chi connectivity index (χ2n) is 7.69. The van der Waals surface area contributed by atoms with E-state index in [9.17, 15) is 4.79 Å². The van der Waals surface area contributed by atoms with Gasteiger partial charge in [0.15, 0.2) is 0 Å². The van der Waals surface area contributed by atoms with Gasteiger partial charge in [-0.3, -0.25) is 14.2 Å². The summed E-state index contributed by atoms with van der Waals surface area (Å²) in [6.07, 6.45) is 5.12. The second kappa shape index (κ2) is 9.83. The zero-order valence-electron chi connectivity index (χ0n) is 18.3. The topological polar surface area (TPSA) is 62.5 Å². The molecule has 0 aliphatic carbocycles. The van der Waals surface area contributed by atoms with Crippen LogP contribution in [-0.4, -0.2) is 33.9 Å². The molecule has 164 valence electrons. The monoisotopic (exact) mass is 447 g/mol. The number of fused-ring (bicyclic) bond motifs is 1. The van der Waals surface area contributed by atoms with Gasteiger partial charge in [0.25, 0.3) is 5.91 Å². The van der Waals surface area contributed by atoms with Crippen LogP contribution in [0.15, 0.2) is 67.0 Å². The van der Waals surface area contributed by atoms with Crippen LogP contribution < -0.4 is 10.2 Å². The van der Waals surface area contributed by atoms with E-state index >= 15 is 0 Å². The first kappa shape index (κ1) is 21.8. The molecule has 0 spiro atoms. The van der Waals surface area contributed by atoms with Gasteiger partial charge in [0.1, 0.15) is 11.5 Å². The normalized spacial score (nSPS) is 11.0. The number of imidazole rings is 1. The van der Waals surface area contributed by atoms with E-state index < -0.39 is 0 Å². The summed E-state index contributed by atoms with van der Waals surface area (Å²) >= 11 is 6.02. The molecule has 0 bridgehead atoms. The number of hydrogen-bond donors (Lipinski definition) is 1. The van der Waals surface area contributed by atoms with Crippen molar-refractivity contribution in [2.45, 2.75) is 26.3 Å². The molecule has 1 amide bonds. The number of nitrogens with zero attached hydrogens (tertiary/aromatic N) is 4. The Kier molecular flexibility index (Phi) is 6.71. The van der Waals surface area contributed by atoms with E-state index in [-0.39, 0.29) is 5.91 Å². The van der Waals surface area contributed by atoms with E-state index in [1.165, 1.54) is 0 Å². The van der Waals surface area contributed by atoms with Crippen molar-refractivity contribution in [3.05, 3.63) is 94.5 Å². The summed E-state index contributed by atoms with van der Waals surface area (Å²) in [5.41, 5.74) is 4.52. The molecule has 0 radical (unpaired) electrons. The lowest BCUT2D eigenvalue weighted by Crippen LogP contribution is -2.26. The standard InChI is InChI=1S/C25H26ClN5O/c1-3-22-25(30(2)16-18-7-10-20(26)11-8-18)31-17-19(9-12-23(31)29-22)24(32)28-15-13-21-6-4-5-14-27-21/h4-12,14,17H,3,13,15-16H2,1-2H3,(H,28,32). The molecule has 6 nitrogen and oxygen atoms in total. The van der Waals surface area contributed by atoms with Gasteiger partial charge in [-0.1, -0.05) is 36.7 Å². The Bertz CT molecular complexity index is 1200. The van der Waals surface area contributed by atoms with Crippen LogP contribution in [-0.2, 0) is 19.4 Å². The van der Waals surface area contributed by atoms with Crippen molar-refractivity contribution < 1.29 is 4.79 Å². The number of aromatic nitrogens is 3. The van der Waals surface area contributed by atoms with Gasteiger partial charge in [0.2, 0.25) is 0 Å². The smallest absolute Gasteiger partial charge is 0.252 e. The number of pyridine rings is 2. The highest BCUT2D eigenvalue weighted by Gasteiger charge is 2.17. The van der Waals surface area contributed by atoms with Crippen LogP contribution in [0.1, 0.15) is 34.2 Å². The quantitative estimate of drug-likeness (QED) is 0.430. The molecule has 3 heterocycles. The number of amides is 1. The lowest BCUT2D eigenvalue weighted by Gasteiger charge is -2.20. The number of nitrogens with one attached hydrogen (secondary N) is 1. The van der Waals surface area contributed by atoms with Crippen LogP contribution in [0.5, 0.6) is 0 Å². The molecule has 0 atom stereocenters. The fourth-order valence-electron chi connectivity index (χ4n) is 3.75. The van der Waals surface area contributed by atoms with E-state index in [1.807, 2.05) is 72.2 Å². The van der Waals surface area contributed by atoms with E-state index in [1.54, 1.807) is 6.20 Å². The Morgan fingerprint density at radius 3 is 2.66 bits per heavy atom.